The monoisotopic (exact) mass is 253 g/mol. The zero-order valence-corrected chi connectivity index (χ0v) is 10.8. The number of hydrogen-bond donors (Lipinski definition) is 1. The summed E-state index contributed by atoms with van der Waals surface area (Å²) in [5, 5.41) is 8.89. The fourth-order valence-corrected chi connectivity index (χ4v) is 1.76. The molecule has 1 aromatic carbocycles. The standard InChI is InChI=1S/C15H15N3O/c1-2-3-11-4-6-13(7-5-11)19-15-14(17)12(10-16)8-9-18-15/h4-9H,2-3,17H2,1H3. The molecular weight excluding hydrogens is 238 g/mol. The van der Waals surface area contributed by atoms with Gasteiger partial charge in [-0.2, -0.15) is 5.26 Å². The number of hydrogen-bond acceptors (Lipinski definition) is 4. The van der Waals surface area contributed by atoms with E-state index in [2.05, 4.69) is 11.9 Å². The Morgan fingerprint density at radius 3 is 2.63 bits per heavy atom. The minimum absolute atomic E-state index is 0.266. The van der Waals surface area contributed by atoms with Crippen molar-refractivity contribution in [1.82, 2.24) is 4.98 Å². The van der Waals surface area contributed by atoms with E-state index in [1.165, 1.54) is 11.8 Å². The average Bonchev–Trinajstić information content (AvgIpc) is 2.43. The molecule has 96 valence electrons. The summed E-state index contributed by atoms with van der Waals surface area (Å²) in [5.74, 6) is 0.927. The molecule has 1 heterocycles. The molecule has 4 heteroatoms. The van der Waals surface area contributed by atoms with Gasteiger partial charge in [-0.05, 0) is 30.2 Å². The normalized spacial score (nSPS) is 9.89. The number of nitriles is 1. The SMILES string of the molecule is CCCc1ccc(Oc2nccc(C#N)c2N)cc1. The van der Waals surface area contributed by atoms with Crippen LogP contribution >= 0.6 is 0 Å². The van der Waals surface area contributed by atoms with E-state index < -0.39 is 0 Å². The molecule has 0 fully saturated rings. The van der Waals surface area contributed by atoms with Gasteiger partial charge in [0.2, 0.25) is 5.88 Å². The number of benzene rings is 1. The van der Waals surface area contributed by atoms with E-state index in [1.54, 1.807) is 6.07 Å². The Bertz CT molecular complexity index is 600. The molecule has 2 N–H and O–H groups in total. The molecule has 2 aromatic rings. The summed E-state index contributed by atoms with van der Waals surface area (Å²) < 4.78 is 5.60. The van der Waals surface area contributed by atoms with Gasteiger partial charge in [0.25, 0.3) is 0 Å². The van der Waals surface area contributed by atoms with Crippen LogP contribution in [0.3, 0.4) is 0 Å². The Kier molecular flexibility index (Phi) is 3.99. The number of ether oxygens (including phenoxy) is 1. The van der Waals surface area contributed by atoms with Crippen molar-refractivity contribution < 1.29 is 4.74 Å². The lowest BCUT2D eigenvalue weighted by Gasteiger charge is -2.08. The van der Waals surface area contributed by atoms with Crippen LogP contribution in [-0.4, -0.2) is 4.98 Å². The Hall–Kier alpha value is -2.54. The number of nitrogen functional groups attached to an aromatic ring is 1. The fourth-order valence-electron chi connectivity index (χ4n) is 1.76. The first kappa shape index (κ1) is 12.9. The fraction of sp³-hybridized carbons (Fsp3) is 0.200. The maximum atomic E-state index is 8.89. The van der Waals surface area contributed by atoms with E-state index in [1.807, 2.05) is 30.3 Å². The second-order valence-electron chi connectivity index (χ2n) is 4.19. The van der Waals surface area contributed by atoms with Gasteiger partial charge in [0.1, 0.15) is 17.5 Å². The highest BCUT2D eigenvalue weighted by molar-refractivity contribution is 5.60. The Morgan fingerprint density at radius 1 is 1.26 bits per heavy atom. The molecule has 0 aliphatic carbocycles. The zero-order valence-electron chi connectivity index (χ0n) is 10.8. The van der Waals surface area contributed by atoms with Crippen LogP contribution in [0.2, 0.25) is 0 Å². The van der Waals surface area contributed by atoms with Crippen LogP contribution in [-0.2, 0) is 6.42 Å². The lowest BCUT2D eigenvalue weighted by molar-refractivity contribution is 0.465. The van der Waals surface area contributed by atoms with Gasteiger partial charge in [-0.1, -0.05) is 25.5 Å². The summed E-state index contributed by atoms with van der Waals surface area (Å²) in [6.45, 7) is 2.14. The van der Waals surface area contributed by atoms with Crippen molar-refractivity contribution in [3.8, 4) is 17.7 Å². The van der Waals surface area contributed by atoms with Crippen LogP contribution in [0.25, 0.3) is 0 Å². The maximum Gasteiger partial charge on any atom is 0.244 e. The number of nitrogens with two attached hydrogens (primary N) is 1. The van der Waals surface area contributed by atoms with Gasteiger partial charge in [-0.15, -0.1) is 0 Å². The van der Waals surface area contributed by atoms with E-state index in [4.69, 9.17) is 15.7 Å². The minimum Gasteiger partial charge on any atom is -0.437 e. The van der Waals surface area contributed by atoms with Crippen LogP contribution in [0.4, 0.5) is 5.69 Å². The molecule has 0 atom stereocenters. The molecule has 0 bridgehead atoms. The van der Waals surface area contributed by atoms with Crippen LogP contribution in [0.5, 0.6) is 11.6 Å². The zero-order chi connectivity index (χ0) is 13.7. The topological polar surface area (TPSA) is 71.9 Å². The van der Waals surface area contributed by atoms with Gasteiger partial charge in [-0.25, -0.2) is 4.98 Å². The Balaban J connectivity index is 2.19. The molecule has 0 aliphatic heterocycles. The van der Waals surface area contributed by atoms with Crippen LogP contribution in [0.1, 0.15) is 24.5 Å². The van der Waals surface area contributed by atoms with Crippen molar-refractivity contribution in [1.29, 1.82) is 5.26 Å². The lowest BCUT2D eigenvalue weighted by atomic mass is 10.1. The maximum absolute atomic E-state index is 8.89. The van der Waals surface area contributed by atoms with E-state index >= 15 is 0 Å². The van der Waals surface area contributed by atoms with Gasteiger partial charge >= 0.3 is 0 Å². The summed E-state index contributed by atoms with van der Waals surface area (Å²) in [4.78, 5) is 4.04. The van der Waals surface area contributed by atoms with Gasteiger partial charge in [0.05, 0.1) is 5.56 Å². The first-order chi connectivity index (χ1) is 9.24. The van der Waals surface area contributed by atoms with Crippen molar-refractivity contribution >= 4 is 5.69 Å². The molecule has 0 saturated carbocycles. The highest BCUT2D eigenvalue weighted by Crippen LogP contribution is 2.27. The highest BCUT2D eigenvalue weighted by atomic mass is 16.5. The summed E-state index contributed by atoms with van der Waals surface area (Å²) in [5.41, 5.74) is 7.71. The summed E-state index contributed by atoms with van der Waals surface area (Å²) in [6.07, 6.45) is 3.67. The second-order valence-corrected chi connectivity index (χ2v) is 4.19. The predicted octanol–water partition coefficient (Wildman–Crippen LogP) is 3.28. The van der Waals surface area contributed by atoms with Crippen molar-refractivity contribution in [2.24, 2.45) is 0 Å². The van der Waals surface area contributed by atoms with Crippen molar-refractivity contribution in [2.75, 3.05) is 5.73 Å². The molecule has 19 heavy (non-hydrogen) atoms. The summed E-state index contributed by atoms with van der Waals surface area (Å²) in [6, 6.07) is 11.4. The molecule has 1 aromatic heterocycles. The number of pyridine rings is 1. The van der Waals surface area contributed by atoms with Crippen molar-refractivity contribution in [3.63, 3.8) is 0 Å². The Morgan fingerprint density at radius 2 is 2.00 bits per heavy atom. The highest BCUT2D eigenvalue weighted by Gasteiger charge is 2.08. The molecule has 0 amide bonds. The third kappa shape index (κ3) is 3.02. The summed E-state index contributed by atoms with van der Waals surface area (Å²) >= 11 is 0. The quantitative estimate of drug-likeness (QED) is 0.907. The largest absolute Gasteiger partial charge is 0.437 e. The Labute approximate surface area is 112 Å². The van der Waals surface area contributed by atoms with E-state index in [9.17, 15) is 0 Å². The molecular formula is C15H15N3O. The second kappa shape index (κ2) is 5.87. The van der Waals surface area contributed by atoms with Crippen molar-refractivity contribution in [3.05, 3.63) is 47.7 Å². The van der Waals surface area contributed by atoms with Crippen LogP contribution in [0, 0.1) is 11.3 Å². The molecule has 0 radical (unpaired) electrons. The third-order valence-electron chi connectivity index (χ3n) is 2.75. The van der Waals surface area contributed by atoms with Crippen LogP contribution in [0.15, 0.2) is 36.5 Å². The van der Waals surface area contributed by atoms with Crippen LogP contribution < -0.4 is 10.5 Å². The van der Waals surface area contributed by atoms with Gasteiger partial charge in [0.15, 0.2) is 0 Å². The first-order valence-electron chi connectivity index (χ1n) is 6.16. The predicted molar refractivity (Wildman–Crippen MR) is 73.9 cm³/mol. The van der Waals surface area contributed by atoms with E-state index in [0.717, 1.165) is 12.8 Å². The first-order valence-corrected chi connectivity index (χ1v) is 6.16. The average molecular weight is 253 g/mol. The molecule has 0 saturated heterocycles. The molecule has 4 nitrogen and oxygen atoms in total. The number of nitrogens with zero attached hydrogens (tertiary/aromatic N) is 2. The molecule has 0 aliphatic rings. The third-order valence-corrected chi connectivity index (χ3v) is 2.75. The molecule has 2 rings (SSSR count). The number of aromatic nitrogens is 1. The van der Waals surface area contributed by atoms with E-state index in [-0.39, 0.29) is 11.6 Å². The molecule has 0 spiro atoms. The van der Waals surface area contributed by atoms with Crippen molar-refractivity contribution in [2.45, 2.75) is 19.8 Å². The van der Waals surface area contributed by atoms with E-state index in [0.29, 0.717) is 11.3 Å². The summed E-state index contributed by atoms with van der Waals surface area (Å²) in [7, 11) is 0. The van der Waals surface area contributed by atoms with Gasteiger partial charge in [-0.3, -0.25) is 0 Å². The van der Waals surface area contributed by atoms with Gasteiger partial charge in [0, 0.05) is 6.20 Å². The number of rotatable bonds is 4. The number of anilines is 1. The van der Waals surface area contributed by atoms with Gasteiger partial charge < -0.3 is 10.5 Å². The number of aryl methyl sites for hydroxylation is 1. The molecule has 0 unspecified atom stereocenters. The smallest absolute Gasteiger partial charge is 0.244 e. The lowest BCUT2D eigenvalue weighted by Crippen LogP contribution is -1.97. The minimum atomic E-state index is 0.266.